The van der Waals surface area contributed by atoms with Crippen LogP contribution in [0.15, 0.2) is 24.3 Å². The summed E-state index contributed by atoms with van der Waals surface area (Å²) in [5.74, 6) is 0.667. The lowest BCUT2D eigenvalue weighted by Crippen LogP contribution is -2.34. The number of halogens is 1. The van der Waals surface area contributed by atoms with E-state index in [1.54, 1.807) is 11.3 Å². The van der Waals surface area contributed by atoms with E-state index in [4.69, 9.17) is 0 Å². The van der Waals surface area contributed by atoms with Crippen LogP contribution in [0.4, 0.5) is 9.52 Å². The highest BCUT2D eigenvalue weighted by atomic mass is 32.1. The van der Waals surface area contributed by atoms with Gasteiger partial charge in [-0.25, -0.2) is 4.39 Å². The molecular weight excluding hydrogens is 297 g/mol. The molecule has 2 atom stereocenters. The lowest BCUT2D eigenvalue weighted by Gasteiger charge is -2.31. The average molecular weight is 317 g/mol. The van der Waals surface area contributed by atoms with E-state index in [0.717, 1.165) is 34.6 Å². The Balaban J connectivity index is 1.48. The van der Waals surface area contributed by atoms with E-state index in [9.17, 15) is 4.39 Å². The van der Waals surface area contributed by atoms with Crippen molar-refractivity contribution in [2.45, 2.75) is 44.6 Å². The monoisotopic (exact) mass is 317 g/mol. The molecule has 4 rings (SSSR count). The number of hydrogen-bond donors (Lipinski definition) is 0. The topological polar surface area (TPSA) is 29.0 Å². The van der Waals surface area contributed by atoms with Gasteiger partial charge in [-0.3, -0.25) is 0 Å². The first-order valence-electron chi connectivity index (χ1n) is 8.13. The molecule has 2 aliphatic rings. The standard InChI is InChI=1S/C17H20FN3S/c18-14-7-5-12(6-8-14)11-16-19-20-17(22-16)21-10-9-13-3-1-2-4-15(13)21/h5-8,13,15H,1-4,9-11H2. The molecule has 1 aromatic carbocycles. The maximum Gasteiger partial charge on any atom is 0.208 e. The molecule has 0 spiro atoms. The second-order valence-corrected chi connectivity index (χ2v) is 7.42. The minimum atomic E-state index is -0.192. The molecule has 1 aliphatic heterocycles. The van der Waals surface area contributed by atoms with E-state index < -0.39 is 0 Å². The molecule has 5 heteroatoms. The number of hydrogen-bond acceptors (Lipinski definition) is 4. The quantitative estimate of drug-likeness (QED) is 0.855. The Hall–Kier alpha value is -1.49. The van der Waals surface area contributed by atoms with Gasteiger partial charge in [0.25, 0.3) is 0 Å². The van der Waals surface area contributed by atoms with Gasteiger partial charge in [-0.2, -0.15) is 0 Å². The lowest BCUT2D eigenvalue weighted by atomic mass is 9.85. The van der Waals surface area contributed by atoms with E-state index in [-0.39, 0.29) is 5.82 Å². The van der Waals surface area contributed by atoms with E-state index in [2.05, 4.69) is 15.1 Å². The van der Waals surface area contributed by atoms with Gasteiger partial charge in [-0.1, -0.05) is 36.3 Å². The van der Waals surface area contributed by atoms with Gasteiger partial charge in [0.15, 0.2) is 0 Å². The summed E-state index contributed by atoms with van der Waals surface area (Å²) in [4.78, 5) is 2.48. The third kappa shape index (κ3) is 2.74. The Morgan fingerprint density at radius 1 is 1.09 bits per heavy atom. The van der Waals surface area contributed by atoms with Crippen molar-refractivity contribution in [3.05, 3.63) is 40.7 Å². The lowest BCUT2D eigenvalue weighted by molar-refractivity contribution is 0.342. The molecule has 1 saturated carbocycles. The predicted octanol–water partition coefficient (Wildman–Crippen LogP) is 4.04. The van der Waals surface area contributed by atoms with Gasteiger partial charge in [0.05, 0.1) is 0 Å². The van der Waals surface area contributed by atoms with Crippen LogP contribution in [0.1, 0.15) is 42.7 Å². The fraction of sp³-hybridized carbons (Fsp3) is 0.529. The van der Waals surface area contributed by atoms with Crippen molar-refractivity contribution >= 4 is 16.5 Å². The number of fused-ring (bicyclic) bond motifs is 1. The van der Waals surface area contributed by atoms with Gasteiger partial charge >= 0.3 is 0 Å². The van der Waals surface area contributed by atoms with Crippen LogP contribution in [-0.2, 0) is 6.42 Å². The molecule has 2 unspecified atom stereocenters. The highest BCUT2D eigenvalue weighted by Crippen LogP contribution is 2.39. The van der Waals surface area contributed by atoms with Gasteiger partial charge in [0.2, 0.25) is 5.13 Å². The third-order valence-electron chi connectivity index (χ3n) is 4.98. The number of rotatable bonds is 3. The van der Waals surface area contributed by atoms with E-state index >= 15 is 0 Å². The smallest absolute Gasteiger partial charge is 0.208 e. The Labute approximate surface area is 134 Å². The van der Waals surface area contributed by atoms with Gasteiger partial charge in [-0.15, -0.1) is 10.2 Å². The second kappa shape index (κ2) is 5.95. The summed E-state index contributed by atoms with van der Waals surface area (Å²) in [6, 6.07) is 7.34. The van der Waals surface area contributed by atoms with Crippen LogP contribution in [0.2, 0.25) is 0 Å². The van der Waals surface area contributed by atoms with Crippen LogP contribution in [0, 0.1) is 11.7 Å². The van der Waals surface area contributed by atoms with Crippen LogP contribution in [-0.4, -0.2) is 22.8 Å². The van der Waals surface area contributed by atoms with E-state index in [1.807, 2.05) is 12.1 Å². The Kier molecular flexibility index (Phi) is 3.82. The largest absolute Gasteiger partial charge is 0.343 e. The molecule has 22 heavy (non-hydrogen) atoms. The summed E-state index contributed by atoms with van der Waals surface area (Å²) in [6.07, 6.45) is 7.46. The zero-order valence-electron chi connectivity index (χ0n) is 12.5. The van der Waals surface area contributed by atoms with Crippen molar-refractivity contribution in [2.24, 2.45) is 5.92 Å². The Bertz CT molecular complexity index is 640. The van der Waals surface area contributed by atoms with Gasteiger partial charge in [-0.05, 0) is 42.9 Å². The minimum Gasteiger partial charge on any atom is -0.343 e. The molecule has 2 fully saturated rings. The highest BCUT2D eigenvalue weighted by Gasteiger charge is 2.37. The zero-order chi connectivity index (χ0) is 14.9. The van der Waals surface area contributed by atoms with E-state index in [1.165, 1.54) is 44.2 Å². The minimum absolute atomic E-state index is 0.192. The SMILES string of the molecule is Fc1ccc(Cc2nnc(N3CCC4CCCCC43)s2)cc1. The van der Waals surface area contributed by atoms with Crippen molar-refractivity contribution in [1.29, 1.82) is 0 Å². The van der Waals surface area contributed by atoms with Crippen molar-refractivity contribution in [2.75, 3.05) is 11.4 Å². The fourth-order valence-corrected chi connectivity index (χ4v) is 4.81. The van der Waals surface area contributed by atoms with Crippen molar-refractivity contribution in [3.8, 4) is 0 Å². The normalized spacial score (nSPS) is 24.5. The first-order valence-corrected chi connectivity index (χ1v) is 8.95. The first kappa shape index (κ1) is 14.1. The maximum absolute atomic E-state index is 13.0. The third-order valence-corrected chi connectivity index (χ3v) is 5.94. The van der Waals surface area contributed by atoms with Crippen LogP contribution in [0.3, 0.4) is 0 Å². The summed E-state index contributed by atoms with van der Waals surface area (Å²) in [7, 11) is 0. The second-order valence-electron chi connectivity index (χ2n) is 6.38. The summed E-state index contributed by atoms with van der Waals surface area (Å²) >= 11 is 1.69. The molecule has 0 bridgehead atoms. The Morgan fingerprint density at radius 3 is 2.77 bits per heavy atom. The summed E-state index contributed by atoms with van der Waals surface area (Å²) in [6.45, 7) is 1.13. The fourth-order valence-electron chi connectivity index (χ4n) is 3.85. The number of anilines is 1. The van der Waals surface area contributed by atoms with Crippen molar-refractivity contribution in [3.63, 3.8) is 0 Å². The maximum atomic E-state index is 13.0. The van der Waals surface area contributed by atoms with Crippen molar-refractivity contribution in [1.82, 2.24) is 10.2 Å². The molecule has 0 amide bonds. The molecule has 0 radical (unpaired) electrons. The highest BCUT2D eigenvalue weighted by molar-refractivity contribution is 7.15. The van der Waals surface area contributed by atoms with Crippen LogP contribution < -0.4 is 4.90 Å². The molecule has 3 nitrogen and oxygen atoms in total. The van der Waals surface area contributed by atoms with Gasteiger partial charge < -0.3 is 4.90 Å². The summed E-state index contributed by atoms with van der Waals surface area (Å²) in [5.41, 5.74) is 1.08. The molecule has 1 aromatic heterocycles. The van der Waals surface area contributed by atoms with Crippen molar-refractivity contribution < 1.29 is 4.39 Å². The molecule has 1 saturated heterocycles. The van der Waals surface area contributed by atoms with Crippen LogP contribution in [0.25, 0.3) is 0 Å². The molecule has 2 heterocycles. The number of nitrogens with zero attached hydrogens (tertiary/aromatic N) is 3. The number of aromatic nitrogens is 2. The number of benzene rings is 1. The average Bonchev–Trinajstić information content (AvgIpc) is 3.16. The van der Waals surface area contributed by atoms with E-state index in [0.29, 0.717) is 6.04 Å². The predicted molar refractivity (Wildman–Crippen MR) is 86.8 cm³/mol. The van der Waals surface area contributed by atoms with Gasteiger partial charge in [0, 0.05) is 19.0 Å². The first-order chi connectivity index (χ1) is 10.8. The zero-order valence-corrected chi connectivity index (χ0v) is 13.4. The molecular formula is C17H20FN3S. The molecule has 1 aliphatic carbocycles. The van der Waals surface area contributed by atoms with Crippen LogP contribution >= 0.6 is 11.3 Å². The van der Waals surface area contributed by atoms with Crippen LogP contribution in [0.5, 0.6) is 0 Å². The molecule has 0 N–H and O–H groups in total. The van der Waals surface area contributed by atoms with Gasteiger partial charge in [0.1, 0.15) is 10.8 Å². The Morgan fingerprint density at radius 2 is 1.91 bits per heavy atom. The molecule has 116 valence electrons. The molecule has 2 aromatic rings. The summed E-state index contributed by atoms with van der Waals surface area (Å²) < 4.78 is 13.0. The summed E-state index contributed by atoms with van der Waals surface area (Å²) in [5, 5.41) is 10.9.